The number of aromatic nitrogens is 3. The molecule has 2 aromatic heterocycles. The molecule has 2 rings (SSSR count). The molecule has 0 saturated carbocycles. The fourth-order valence-corrected chi connectivity index (χ4v) is 1.71. The van der Waals surface area contributed by atoms with Crippen molar-refractivity contribution in [3.63, 3.8) is 0 Å². The average Bonchev–Trinajstić information content (AvgIpc) is 2.68. The molecule has 2 aromatic rings. The first kappa shape index (κ1) is 11.3. The highest BCUT2D eigenvalue weighted by Crippen LogP contribution is 2.11. The summed E-state index contributed by atoms with van der Waals surface area (Å²) >= 11 is 0. The zero-order valence-electron chi connectivity index (χ0n) is 9.84. The Morgan fingerprint density at radius 1 is 1.41 bits per heavy atom. The van der Waals surface area contributed by atoms with Crippen molar-refractivity contribution in [3.05, 3.63) is 41.3 Å². The lowest BCUT2D eigenvalue weighted by Crippen LogP contribution is -2.11. The number of hydrogen-bond acceptors (Lipinski definition) is 4. The van der Waals surface area contributed by atoms with Gasteiger partial charge in [-0.2, -0.15) is 5.10 Å². The van der Waals surface area contributed by atoms with Gasteiger partial charge in [0.1, 0.15) is 11.5 Å². The Bertz CT molecular complexity index is 559. The van der Waals surface area contributed by atoms with Crippen molar-refractivity contribution in [2.45, 2.75) is 13.3 Å². The van der Waals surface area contributed by atoms with Crippen molar-refractivity contribution in [1.82, 2.24) is 14.8 Å². The van der Waals surface area contributed by atoms with Gasteiger partial charge in [0.2, 0.25) is 0 Å². The number of hydrogen-bond donors (Lipinski definition) is 1. The molecule has 0 radical (unpaired) electrons. The van der Waals surface area contributed by atoms with Crippen LogP contribution in [-0.4, -0.2) is 20.5 Å². The Kier molecular flexibility index (Phi) is 2.91. The monoisotopic (exact) mass is 230 g/mol. The van der Waals surface area contributed by atoms with E-state index < -0.39 is 0 Å². The van der Waals surface area contributed by atoms with E-state index >= 15 is 0 Å². The van der Waals surface area contributed by atoms with Gasteiger partial charge in [-0.05, 0) is 24.6 Å². The molecule has 0 aromatic carbocycles. The molecule has 0 saturated heterocycles. The third kappa shape index (κ3) is 2.33. The number of anilines is 1. The van der Waals surface area contributed by atoms with Gasteiger partial charge in [0.05, 0.1) is 0 Å². The summed E-state index contributed by atoms with van der Waals surface area (Å²) in [6.07, 6.45) is 1.93. The molecule has 0 aliphatic carbocycles. The molecule has 0 atom stereocenters. The Morgan fingerprint density at radius 3 is 2.76 bits per heavy atom. The average molecular weight is 230 g/mol. The lowest BCUT2D eigenvalue weighted by atomic mass is 10.1. The minimum Gasteiger partial charge on any atom is -0.384 e. The van der Waals surface area contributed by atoms with Gasteiger partial charge < -0.3 is 5.73 Å². The lowest BCUT2D eigenvalue weighted by Gasteiger charge is -2.05. The predicted molar refractivity (Wildman–Crippen MR) is 64.6 cm³/mol. The predicted octanol–water partition coefficient (Wildman–Crippen LogP) is 1.13. The highest BCUT2D eigenvalue weighted by molar-refractivity contribution is 5.96. The van der Waals surface area contributed by atoms with E-state index in [9.17, 15) is 4.79 Å². The van der Waals surface area contributed by atoms with Crippen LogP contribution in [0, 0.1) is 6.92 Å². The Balaban J connectivity index is 2.22. The molecule has 0 amide bonds. The second-order valence-electron chi connectivity index (χ2n) is 3.92. The summed E-state index contributed by atoms with van der Waals surface area (Å²) in [5.74, 6) is 0.499. The van der Waals surface area contributed by atoms with Crippen LogP contribution in [0.5, 0.6) is 0 Å². The van der Waals surface area contributed by atoms with Crippen LogP contribution in [0.15, 0.2) is 24.4 Å². The van der Waals surface area contributed by atoms with Crippen molar-refractivity contribution in [3.8, 4) is 0 Å². The lowest BCUT2D eigenvalue weighted by molar-refractivity contribution is 0.0983. The summed E-state index contributed by atoms with van der Waals surface area (Å²) in [5.41, 5.74) is 7.85. The number of nitrogen functional groups attached to an aromatic ring is 1. The summed E-state index contributed by atoms with van der Waals surface area (Å²) in [7, 11) is 1.75. The minimum atomic E-state index is 0.0275. The molecule has 0 aliphatic heterocycles. The van der Waals surface area contributed by atoms with Crippen LogP contribution in [0.4, 0.5) is 5.82 Å². The zero-order valence-corrected chi connectivity index (χ0v) is 9.84. The van der Waals surface area contributed by atoms with E-state index in [0.29, 0.717) is 17.9 Å². The molecule has 2 N–H and O–H groups in total. The fraction of sp³-hybridized carbons (Fsp3) is 0.250. The first-order valence-corrected chi connectivity index (χ1v) is 5.31. The van der Waals surface area contributed by atoms with Gasteiger partial charge in [0.25, 0.3) is 0 Å². The van der Waals surface area contributed by atoms with Crippen LogP contribution in [0.1, 0.15) is 21.7 Å². The number of pyridine rings is 1. The van der Waals surface area contributed by atoms with Gasteiger partial charge in [0.15, 0.2) is 5.78 Å². The van der Waals surface area contributed by atoms with Crippen LogP contribution in [-0.2, 0) is 13.5 Å². The van der Waals surface area contributed by atoms with Crippen LogP contribution in [0.25, 0.3) is 0 Å². The smallest absolute Gasteiger partial charge is 0.185 e. The van der Waals surface area contributed by atoms with Crippen molar-refractivity contribution < 1.29 is 4.79 Å². The van der Waals surface area contributed by atoms with Crippen molar-refractivity contribution in [1.29, 1.82) is 0 Å². The SMILES string of the molecule is Cc1nc(N)ccc1CC(=O)c1ccnn1C. The van der Waals surface area contributed by atoms with E-state index in [0.717, 1.165) is 11.3 Å². The van der Waals surface area contributed by atoms with E-state index in [-0.39, 0.29) is 5.78 Å². The van der Waals surface area contributed by atoms with Gasteiger partial charge in [-0.3, -0.25) is 9.48 Å². The molecule has 0 aliphatic rings. The Hall–Kier alpha value is -2.17. The van der Waals surface area contributed by atoms with Crippen LogP contribution in [0.2, 0.25) is 0 Å². The molecule has 0 spiro atoms. The Labute approximate surface area is 99.3 Å². The van der Waals surface area contributed by atoms with Crippen molar-refractivity contribution in [2.24, 2.45) is 7.05 Å². The maximum atomic E-state index is 12.0. The molecule has 5 heteroatoms. The summed E-state index contributed by atoms with van der Waals surface area (Å²) in [4.78, 5) is 16.1. The first-order chi connectivity index (χ1) is 8.08. The number of carbonyl (C=O) groups excluding carboxylic acids is 1. The molecule has 5 nitrogen and oxygen atoms in total. The van der Waals surface area contributed by atoms with Crippen LogP contribution >= 0.6 is 0 Å². The fourth-order valence-electron chi connectivity index (χ4n) is 1.71. The largest absolute Gasteiger partial charge is 0.384 e. The normalized spacial score (nSPS) is 10.5. The van der Waals surface area contributed by atoms with Gasteiger partial charge in [-0.15, -0.1) is 0 Å². The molecule has 17 heavy (non-hydrogen) atoms. The second-order valence-corrected chi connectivity index (χ2v) is 3.92. The molecular weight excluding hydrogens is 216 g/mol. The topological polar surface area (TPSA) is 73.8 Å². The van der Waals surface area contributed by atoms with Gasteiger partial charge in [-0.25, -0.2) is 4.98 Å². The summed E-state index contributed by atoms with van der Waals surface area (Å²) < 4.78 is 1.57. The second kappa shape index (κ2) is 4.37. The number of Topliss-reactive ketones (excluding diaryl/α,β-unsaturated/α-hetero) is 1. The molecule has 88 valence electrons. The number of nitrogens with two attached hydrogens (primary N) is 1. The van der Waals surface area contributed by atoms with Crippen LogP contribution < -0.4 is 5.73 Å². The molecule has 0 unspecified atom stereocenters. The van der Waals surface area contributed by atoms with E-state index in [4.69, 9.17) is 5.73 Å². The minimum absolute atomic E-state index is 0.0275. The van der Waals surface area contributed by atoms with Crippen molar-refractivity contribution in [2.75, 3.05) is 5.73 Å². The first-order valence-electron chi connectivity index (χ1n) is 5.31. The summed E-state index contributed by atoms with van der Waals surface area (Å²) in [6, 6.07) is 5.26. The maximum absolute atomic E-state index is 12.0. The Morgan fingerprint density at radius 2 is 2.18 bits per heavy atom. The summed E-state index contributed by atoms with van der Waals surface area (Å²) in [6.45, 7) is 1.85. The number of nitrogens with zero attached hydrogens (tertiary/aromatic N) is 3. The quantitative estimate of drug-likeness (QED) is 0.802. The third-order valence-corrected chi connectivity index (χ3v) is 2.67. The van der Waals surface area contributed by atoms with E-state index in [1.165, 1.54) is 0 Å². The number of aryl methyl sites for hydroxylation is 2. The number of rotatable bonds is 3. The van der Waals surface area contributed by atoms with Gasteiger partial charge in [0, 0.05) is 25.4 Å². The highest BCUT2D eigenvalue weighted by atomic mass is 16.1. The van der Waals surface area contributed by atoms with Crippen molar-refractivity contribution >= 4 is 11.6 Å². The van der Waals surface area contributed by atoms with Gasteiger partial charge >= 0.3 is 0 Å². The summed E-state index contributed by atoms with van der Waals surface area (Å²) in [5, 5.41) is 3.98. The number of carbonyl (C=O) groups is 1. The number of ketones is 1. The maximum Gasteiger partial charge on any atom is 0.185 e. The van der Waals surface area contributed by atoms with E-state index in [1.54, 1.807) is 30.1 Å². The molecule has 0 fully saturated rings. The zero-order chi connectivity index (χ0) is 12.4. The highest BCUT2D eigenvalue weighted by Gasteiger charge is 2.12. The van der Waals surface area contributed by atoms with Crippen LogP contribution in [0.3, 0.4) is 0 Å². The van der Waals surface area contributed by atoms with E-state index in [1.807, 2.05) is 13.0 Å². The molecular formula is C12H14N4O. The molecule has 0 bridgehead atoms. The standard InChI is InChI=1S/C12H14N4O/c1-8-9(3-4-12(13)15-8)7-11(17)10-5-6-14-16(10)2/h3-6H,7H2,1-2H3,(H2,13,15). The third-order valence-electron chi connectivity index (χ3n) is 2.67. The molecule has 2 heterocycles. The van der Waals surface area contributed by atoms with Gasteiger partial charge in [-0.1, -0.05) is 6.07 Å². The van der Waals surface area contributed by atoms with E-state index in [2.05, 4.69) is 10.1 Å².